The molecule has 1 heterocycles. The van der Waals surface area contributed by atoms with Crippen LogP contribution < -0.4 is 4.57 Å². The van der Waals surface area contributed by atoms with Gasteiger partial charge in [0.25, 0.3) is 6.33 Å². The number of fused-ring (bicyclic) bond motifs is 1. The molecule has 0 aliphatic heterocycles. The first-order chi connectivity index (χ1) is 12.0. The van der Waals surface area contributed by atoms with Gasteiger partial charge in [0, 0.05) is 5.56 Å². The van der Waals surface area contributed by atoms with Crippen molar-refractivity contribution in [1.29, 1.82) is 0 Å². The van der Waals surface area contributed by atoms with Crippen LogP contribution in [0.2, 0.25) is 0 Å². The third-order valence-electron chi connectivity index (χ3n) is 5.89. The molecule has 1 aromatic heterocycles. The minimum absolute atomic E-state index is 0.725. The van der Waals surface area contributed by atoms with Crippen LogP contribution in [0.3, 0.4) is 0 Å². The van der Waals surface area contributed by atoms with Crippen LogP contribution in [0.1, 0.15) is 53.9 Å². The molecule has 0 unspecified atom stereocenters. The number of hydrogen-bond acceptors (Lipinski definition) is 1. The van der Waals surface area contributed by atoms with E-state index in [0.717, 1.165) is 11.4 Å². The number of benzene rings is 2. The molecule has 0 bridgehead atoms. The molecular formula is C23H27N2+. The zero-order chi connectivity index (χ0) is 17.6. The summed E-state index contributed by atoms with van der Waals surface area (Å²) in [6, 6.07) is 11.5. The SMILES string of the molecule is Cc1cc(C)c(C)c(-c2c3cc(C4CCCC4)ccc3nc[n+]2C)c1. The highest BCUT2D eigenvalue weighted by Crippen LogP contribution is 2.37. The number of aromatic nitrogens is 2. The first kappa shape index (κ1) is 16.3. The lowest BCUT2D eigenvalue weighted by Crippen LogP contribution is -2.32. The third kappa shape index (κ3) is 2.84. The van der Waals surface area contributed by atoms with Crippen LogP contribution in [0.4, 0.5) is 0 Å². The maximum Gasteiger partial charge on any atom is 0.287 e. The highest BCUT2D eigenvalue weighted by atomic mass is 15.0. The van der Waals surface area contributed by atoms with Gasteiger partial charge in [0.05, 0.1) is 12.4 Å². The molecule has 128 valence electrons. The number of aryl methyl sites for hydroxylation is 3. The molecule has 0 spiro atoms. The summed E-state index contributed by atoms with van der Waals surface area (Å²) < 4.78 is 2.18. The summed E-state index contributed by atoms with van der Waals surface area (Å²) in [4.78, 5) is 4.67. The van der Waals surface area contributed by atoms with E-state index in [2.05, 4.69) is 67.7 Å². The third-order valence-corrected chi connectivity index (χ3v) is 5.89. The molecule has 1 aliphatic rings. The Hall–Kier alpha value is -2.22. The van der Waals surface area contributed by atoms with Gasteiger partial charge in [-0.1, -0.05) is 30.5 Å². The first-order valence-electron chi connectivity index (χ1n) is 9.41. The van der Waals surface area contributed by atoms with E-state index in [1.165, 1.54) is 64.6 Å². The van der Waals surface area contributed by atoms with Gasteiger partial charge in [-0.2, -0.15) is 0 Å². The van der Waals surface area contributed by atoms with Gasteiger partial charge in [0.1, 0.15) is 5.69 Å². The van der Waals surface area contributed by atoms with Gasteiger partial charge in [-0.3, -0.25) is 0 Å². The van der Waals surface area contributed by atoms with Gasteiger partial charge < -0.3 is 0 Å². The van der Waals surface area contributed by atoms with Gasteiger partial charge in [-0.15, -0.1) is 0 Å². The van der Waals surface area contributed by atoms with E-state index in [1.807, 2.05) is 6.33 Å². The number of rotatable bonds is 2. The normalized spacial score (nSPS) is 15.2. The fourth-order valence-corrected chi connectivity index (χ4v) is 4.39. The van der Waals surface area contributed by atoms with E-state index >= 15 is 0 Å². The quantitative estimate of drug-likeness (QED) is 0.582. The summed E-state index contributed by atoms with van der Waals surface area (Å²) >= 11 is 0. The van der Waals surface area contributed by atoms with Crippen molar-refractivity contribution in [2.45, 2.75) is 52.4 Å². The fourth-order valence-electron chi connectivity index (χ4n) is 4.39. The molecule has 2 aromatic carbocycles. The van der Waals surface area contributed by atoms with E-state index in [-0.39, 0.29) is 0 Å². The number of hydrogen-bond donors (Lipinski definition) is 0. The zero-order valence-corrected chi connectivity index (χ0v) is 15.8. The lowest BCUT2D eigenvalue weighted by atomic mass is 9.92. The van der Waals surface area contributed by atoms with Crippen molar-refractivity contribution < 1.29 is 4.57 Å². The molecule has 3 aromatic rings. The monoisotopic (exact) mass is 331 g/mol. The topological polar surface area (TPSA) is 16.8 Å². The Kier molecular flexibility index (Phi) is 4.07. The largest absolute Gasteiger partial charge is 0.287 e. The van der Waals surface area contributed by atoms with E-state index in [0.29, 0.717) is 0 Å². The molecule has 0 amide bonds. The summed E-state index contributed by atoms with van der Waals surface area (Å²) in [5.41, 5.74) is 9.22. The lowest BCUT2D eigenvalue weighted by molar-refractivity contribution is -0.662. The second-order valence-corrected chi connectivity index (χ2v) is 7.72. The average molecular weight is 331 g/mol. The second-order valence-electron chi connectivity index (χ2n) is 7.72. The fraction of sp³-hybridized carbons (Fsp3) is 0.391. The molecule has 1 aliphatic carbocycles. The lowest BCUT2D eigenvalue weighted by Gasteiger charge is -2.14. The Labute approximate surface area is 150 Å². The van der Waals surface area contributed by atoms with Crippen molar-refractivity contribution in [3.8, 4) is 11.3 Å². The molecule has 1 fully saturated rings. The molecular weight excluding hydrogens is 304 g/mol. The molecule has 2 heteroatoms. The molecule has 25 heavy (non-hydrogen) atoms. The Morgan fingerprint density at radius 3 is 2.52 bits per heavy atom. The van der Waals surface area contributed by atoms with Crippen LogP contribution in [0.15, 0.2) is 36.7 Å². The molecule has 1 saturated carbocycles. The number of nitrogens with zero attached hydrogens (tertiary/aromatic N) is 2. The molecule has 0 saturated heterocycles. The highest BCUT2D eigenvalue weighted by Gasteiger charge is 2.21. The van der Waals surface area contributed by atoms with E-state index in [9.17, 15) is 0 Å². The van der Waals surface area contributed by atoms with E-state index in [1.54, 1.807) is 0 Å². The van der Waals surface area contributed by atoms with Crippen LogP contribution in [0.5, 0.6) is 0 Å². The summed E-state index contributed by atoms with van der Waals surface area (Å²) in [7, 11) is 2.11. The summed E-state index contributed by atoms with van der Waals surface area (Å²) in [5.74, 6) is 0.725. The second kappa shape index (κ2) is 6.25. The van der Waals surface area contributed by atoms with Crippen LogP contribution in [0.25, 0.3) is 22.2 Å². The predicted octanol–water partition coefficient (Wildman–Crippen LogP) is 5.31. The Bertz CT molecular complexity index is 950. The molecule has 0 N–H and O–H groups in total. The minimum Gasteiger partial charge on any atom is -0.232 e. The Balaban J connectivity index is 1.99. The van der Waals surface area contributed by atoms with Gasteiger partial charge in [0.2, 0.25) is 0 Å². The van der Waals surface area contributed by atoms with Crippen LogP contribution in [-0.4, -0.2) is 4.98 Å². The van der Waals surface area contributed by atoms with Gasteiger partial charge >= 0.3 is 0 Å². The van der Waals surface area contributed by atoms with E-state index in [4.69, 9.17) is 0 Å². The van der Waals surface area contributed by atoms with Crippen molar-refractivity contribution in [2.24, 2.45) is 7.05 Å². The van der Waals surface area contributed by atoms with Crippen molar-refractivity contribution in [3.63, 3.8) is 0 Å². The standard InChI is InChI=1S/C23H27N2/c1-15-11-16(2)17(3)20(12-15)23-21-13-19(18-7-5-6-8-18)9-10-22(21)24-14-25(23)4/h9-14,18H,5-8H2,1-4H3/q+1. The Morgan fingerprint density at radius 2 is 1.76 bits per heavy atom. The molecule has 4 rings (SSSR count). The van der Waals surface area contributed by atoms with Crippen molar-refractivity contribution >= 4 is 10.9 Å². The van der Waals surface area contributed by atoms with Crippen LogP contribution in [0, 0.1) is 20.8 Å². The first-order valence-corrected chi connectivity index (χ1v) is 9.41. The van der Waals surface area contributed by atoms with Gasteiger partial charge in [-0.05, 0) is 79.4 Å². The summed E-state index contributed by atoms with van der Waals surface area (Å²) in [5, 5.41) is 1.28. The zero-order valence-electron chi connectivity index (χ0n) is 15.8. The van der Waals surface area contributed by atoms with E-state index < -0.39 is 0 Å². The molecule has 0 radical (unpaired) electrons. The smallest absolute Gasteiger partial charge is 0.232 e. The summed E-state index contributed by atoms with van der Waals surface area (Å²) in [6.07, 6.45) is 7.34. The van der Waals surface area contributed by atoms with Gasteiger partial charge in [-0.25, -0.2) is 4.57 Å². The van der Waals surface area contributed by atoms with Crippen LogP contribution in [-0.2, 0) is 7.05 Å². The predicted molar refractivity (Wildman–Crippen MR) is 104 cm³/mol. The van der Waals surface area contributed by atoms with Crippen molar-refractivity contribution in [2.75, 3.05) is 0 Å². The maximum atomic E-state index is 4.67. The van der Waals surface area contributed by atoms with Crippen LogP contribution >= 0.6 is 0 Å². The molecule has 2 nitrogen and oxygen atoms in total. The summed E-state index contributed by atoms with van der Waals surface area (Å²) in [6.45, 7) is 6.62. The van der Waals surface area contributed by atoms with Crippen molar-refractivity contribution in [1.82, 2.24) is 4.98 Å². The van der Waals surface area contributed by atoms with Gasteiger partial charge in [0.15, 0.2) is 5.52 Å². The Morgan fingerprint density at radius 1 is 1.00 bits per heavy atom. The minimum atomic E-state index is 0.725. The maximum absolute atomic E-state index is 4.67. The highest BCUT2D eigenvalue weighted by molar-refractivity contribution is 5.92. The molecule has 0 atom stereocenters. The average Bonchev–Trinajstić information content (AvgIpc) is 3.12. The van der Waals surface area contributed by atoms with Crippen molar-refractivity contribution in [3.05, 3.63) is 58.9 Å².